The van der Waals surface area contributed by atoms with Crippen molar-refractivity contribution in [2.75, 3.05) is 50.8 Å². The normalized spacial score (nSPS) is 14.9. The zero-order valence-corrected chi connectivity index (χ0v) is 15.2. The Labute approximate surface area is 154 Å². The molecule has 2 heterocycles. The van der Waals surface area contributed by atoms with Crippen molar-refractivity contribution in [2.45, 2.75) is 6.92 Å². The number of pyridine rings is 1. The van der Waals surface area contributed by atoms with Gasteiger partial charge in [0.1, 0.15) is 11.4 Å². The van der Waals surface area contributed by atoms with Gasteiger partial charge in [0.2, 0.25) is 0 Å². The van der Waals surface area contributed by atoms with E-state index in [9.17, 15) is 4.79 Å². The summed E-state index contributed by atoms with van der Waals surface area (Å²) in [5.74, 6) is 0.834. The van der Waals surface area contributed by atoms with Crippen LogP contribution in [0.1, 0.15) is 17.4 Å². The third kappa shape index (κ3) is 4.73. The van der Waals surface area contributed by atoms with Gasteiger partial charge >= 0.3 is 0 Å². The van der Waals surface area contributed by atoms with Crippen molar-refractivity contribution in [3.8, 4) is 5.75 Å². The molecule has 0 radical (unpaired) electrons. The Bertz CT molecular complexity index is 700. The number of nitrogens with one attached hydrogen (secondary N) is 1. The van der Waals surface area contributed by atoms with Gasteiger partial charge < -0.3 is 15.0 Å². The Hall–Kier alpha value is -2.60. The molecular formula is C20H26N4O2. The minimum Gasteiger partial charge on any atom is -0.492 e. The number of ether oxygens (including phenoxy) is 1. The van der Waals surface area contributed by atoms with Crippen molar-refractivity contribution in [1.82, 2.24) is 15.2 Å². The van der Waals surface area contributed by atoms with Crippen LogP contribution in [0.15, 0.2) is 48.7 Å². The van der Waals surface area contributed by atoms with E-state index in [0.717, 1.165) is 44.2 Å². The number of hydrogen-bond donors (Lipinski definition) is 1. The molecule has 0 unspecified atom stereocenters. The number of rotatable bonds is 7. The molecule has 0 spiro atoms. The molecule has 26 heavy (non-hydrogen) atoms. The van der Waals surface area contributed by atoms with Gasteiger partial charge in [-0.25, -0.2) is 0 Å². The predicted molar refractivity (Wildman–Crippen MR) is 103 cm³/mol. The maximum absolute atomic E-state index is 12.0. The number of benzene rings is 1. The molecule has 1 aromatic heterocycles. The maximum atomic E-state index is 12.0. The van der Waals surface area contributed by atoms with Gasteiger partial charge in [0.05, 0.1) is 12.3 Å². The van der Waals surface area contributed by atoms with Crippen LogP contribution in [0.2, 0.25) is 0 Å². The Kier molecular flexibility index (Phi) is 6.44. The third-order valence-electron chi connectivity index (χ3n) is 4.49. The van der Waals surface area contributed by atoms with Crippen LogP contribution >= 0.6 is 0 Å². The van der Waals surface area contributed by atoms with Crippen LogP contribution in [0.25, 0.3) is 0 Å². The number of carbonyl (C=O) groups is 1. The first-order valence-electron chi connectivity index (χ1n) is 9.16. The highest BCUT2D eigenvalue weighted by Crippen LogP contribution is 2.28. The molecule has 1 saturated heterocycles. The number of piperazine rings is 1. The standard InChI is InChI=1S/C20H26N4O2/c1-2-26-19-9-4-3-8-18(19)24-15-13-23(14-16-24)12-11-22-20(25)17-7-5-6-10-21-17/h3-10H,2,11-16H2,1H3,(H,22,25). The van der Waals surface area contributed by atoms with Crippen LogP contribution in [-0.4, -0.2) is 61.7 Å². The van der Waals surface area contributed by atoms with E-state index in [-0.39, 0.29) is 5.91 Å². The van der Waals surface area contributed by atoms with Crippen LogP contribution in [0, 0.1) is 0 Å². The molecule has 0 saturated carbocycles. The molecule has 3 rings (SSSR count). The van der Waals surface area contributed by atoms with E-state index < -0.39 is 0 Å². The topological polar surface area (TPSA) is 57.7 Å². The van der Waals surface area contributed by atoms with Crippen molar-refractivity contribution in [3.63, 3.8) is 0 Å². The first-order valence-corrected chi connectivity index (χ1v) is 9.16. The Morgan fingerprint density at radius 2 is 1.88 bits per heavy atom. The highest BCUT2D eigenvalue weighted by molar-refractivity contribution is 5.92. The summed E-state index contributed by atoms with van der Waals surface area (Å²) >= 11 is 0. The third-order valence-corrected chi connectivity index (χ3v) is 4.49. The minimum absolute atomic E-state index is 0.116. The minimum atomic E-state index is -0.116. The molecule has 1 aromatic carbocycles. The van der Waals surface area contributed by atoms with Crippen LogP contribution in [0.5, 0.6) is 5.75 Å². The lowest BCUT2D eigenvalue weighted by molar-refractivity contribution is 0.0943. The molecule has 1 aliphatic rings. The fourth-order valence-electron chi connectivity index (χ4n) is 3.12. The van der Waals surface area contributed by atoms with Gasteiger partial charge in [0, 0.05) is 45.5 Å². The molecule has 0 aliphatic carbocycles. The molecule has 138 valence electrons. The van der Waals surface area contributed by atoms with Crippen LogP contribution in [0.3, 0.4) is 0 Å². The molecule has 0 atom stereocenters. The quantitative estimate of drug-likeness (QED) is 0.825. The number of hydrogen-bond acceptors (Lipinski definition) is 5. The summed E-state index contributed by atoms with van der Waals surface area (Å²) in [6.45, 7) is 8.02. The summed E-state index contributed by atoms with van der Waals surface area (Å²) in [5.41, 5.74) is 1.63. The van der Waals surface area contributed by atoms with Crippen LogP contribution < -0.4 is 15.0 Å². The summed E-state index contributed by atoms with van der Waals surface area (Å²) in [6.07, 6.45) is 1.63. The molecule has 1 aliphatic heterocycles. The summed E-state index contributed by atoms with van der Waals surface area (Å²) in [5, 5.41) is 2.94. The summed E-state index contributed by atoms with van der Waals surface area (Å²) < 4.78 is 5.74. The highest BCUT2D eigenvalue weighted by Gasteiger charge is 2.19. The Balaban J connectivity index is 1.44. The largest absolute Gasteiger partial charge is 0.492 e. The fraction of sp³-hybridized carbons (Fsp3) is 0.400. The zero-order valence-electron chi connectivity index (χ0n) is 15.2. The number of nitrogens with zero attached hydrogens (tertiary/aromatic N) is 3. The second kappa shape index (κ2) is 9.20. The number of carbonyl (C=O) groups excluding carboxylic acids is 1. The van der Waals surface area contributed by atoms with Gasteiger partial charge in [-0.15, -0.1) is 0 Å². The molecule has 1 amide bonds. The second-order valence-corrected chi connectivity index (χ2v) is 6.20. The van der Waals surface area contributed by atoms with E-state index in [1.165, 1.54) is 0 Å². The number of amides is 1. The first-order chi connectivity index (χ1) is 12.8. The smallest absolute Gasteiger partial charge is 0.269 e. The summed E-state index contributed by atoms with van der Waals surface area (Å²) in [4.78, 5) is 20.8. The maximum Gasteiger partial charge on any atom is 0.269 e. The van der Waals surface area contributed by atoms with Gasteiger partial charge in [-0.2, -0.15) is 0 Å². The van der Waals surface area contributed by atoms with Gasteiger partial charge in [-0.3, -0.25) is 14.7 Å². The Morgan fingerprint density at radius 3 is 2.62 bits per heavy atom. The number of aromatic nitrogens is 1. The van der Waals surface area contributed by atoms with Gasteiger partial charge in [-0.05, 0) is 31.2 Å². The van der Waals surface area contributed by atoms with E-state index in [4.69, 9.17) is 4.74 Å². The second-order valence-electron chi connectivity index (χ2n) is 6.20. The van der Waals surface area contributed by atoms with Gasteiger partial charge in [0.15, 0.2) is 0 Å². The van der Waals surface area contributed by atoms with Gasteiger partial charge in [0.25, 0.3) is 5.91 Å². The van der Waals surface area contributed by atoms with E-state index >= 15 is 0 Å². The number of para-hydroxylation sites is 2. The Morgan fingerprint density at radius 1 is 1.12 bits per heavy atom. The molecule has 2 aromatic rings. The van der Waals surface area contributed by atoms with Crippen molar-refractivity contribution < 1.29 is 9.53 Å². The van der Waals surface area contributed by atoms with E-state index in [1.807, 2.05) is 25.1 Å². The molecule has 6 heteroatoms. The van der Waals surface area contributed by atoms with Crippen molar-refractivity contribution in [3.05, 3.63) is 54.4 Å². The van der Waals surface area contributed by atoms with Crippen molar-refractivity contribution in [1.29, 1.82) is 0 Å². The molecule has 1 fully saturated rings. The average molecular weight is 354 g/mol. The molecule has 0 bridgehead atoms. The predicted octanol–water partition coefficient (Wildman–Crippen LogP) is 2.03. The van der Waals surface area contributed by atoms with Crippen LogP contribution in [0.4, 0.5) is 5.69 Å². The molecule has 6 nitrogen and oxygen atoms in total. The number of anilines is 1. The van der Waals surface area contributed by atoms with E-state index in [2.05, 4.69) is 32.2 Å². The highest BCUT2D eigenvalue weighted by atomic mass is 16.5. The molecular weight excluding hydrogens is 328 g/mol. The molecule has 1 N–H and O–H groups in total. The summed E-state index contributed by atoms with van der Waals surface area (Å²) in [7, 11) is 0. The van der Waals surface area contributed by atoms with Crippen molar-refractivity contribution in [2.24, 2.45) is 0 Å². The lowest BCUT2D eigenvalue weighted by Crippen LogP contribution is -2.48. The summed E-state index contributed by atoms with van der Waals surface area (Å²) in [6, 6.07) is 13.6. The SMILES string of the molecule is CCOc1ccccc1N1CCN(CCNC(=O)c2ccccn2)CC1. The van der Waals surface area contributed by atoms with Gasteiger partial charge in [-0.1, -0.05) is 18.2 Å². The first kappa shape index (κ1) is 18.2. The average Bonchev–Trinajstić information content (AvgIpc) is 2.70. The monoisotopic (exact) mass is 354 g/mol. The van der Waals surface area contributed by atoms with Crippen molar-refractivity contribution >= 4 is 11.6 Å². The lowest BCUT2D eigenvalue weighted by atomic mass is 10.2. The van der Waals surface area contributed by atoms with E-state index in [0.29, 0.717) is 18.8 Å². The zero-order chi connectivity index (χ0) is 18.2. The fourth-order valence-corrected chi connectivity index (χ4v) is 3.12. The van der Waals surface area contributed by atoms with Crippen LogP contribution in [-0.2, 0) is 0 Å². The lowest BCUT2D eigenvalue weighted by Gasteiger charge is -2.36. The van der Waals surface area contributed by atoms with E-state index in [1.54, 1.807) is 18.3 Å².